The number of nitrogens with one attached hydrogen (secondary N) is 1. The van der Waals surface area contributed by atoms with E-state index in [1.807, 2.05) is 24.3 Å². The first-order valence-electron chi connectivity index (χ1n) is 5.82. The van der Waals surface area contributed by atoms with Crippen molar-refractivity contribution in [2.24, 2.45) is 0 Å². The molecule has 0 fully saturated rings. The summed E-state index contributed by atoms with van der Waals surface area (Å²) in [6.45, 7) is -0.133. The minimum absolute atomic E-state index is 0.112. The highest BCUT2D eigenvalue weighted by Crippen LogP contribution is 2.26. The van der Waals surface area contributed by atoms with Gasteiger partial charge in [-0.25, -0.2) is 8.78 Å². The molecule has 0 aliphatic heterocycles. The Hall–Kier alpha value is -1.38. The zero-order chi connectivity index (χ0) is 14.5. The molecule has 2 aromatic rings. The summed E-state index contributed by atoms with van der Waals surface area (Å²) in [5.74, 6) is 0.598. The van der Waals surface area contributed by atoms with E-state index >= 15 is 0 Å². The van der Waals surface area contributed by atoms with Gasteiger partial charge in [0.05, 0.1) is 12.1 Å². The summed E-state index contributed by atoms with van der Waals surface area (Å²) in [4.78, 5) is 0. The van der Waals surface area contributed by atoms with Crippen molar-refractivity contribution in [3.8, 4) is 11.5 Å². The van der Waals surface area contributed by atoms with Gasteiger partial charge in [0, 0.05) is 11.0 Å². The van der Waals surface area contributed by atoms with Gasteiger partial charge in [-0.05, 0) is 28.1 Å². The largest absolute Gasteiger partial charge is 0.419 e. The van der Waals surface area contributed by atoms with Crippen molar-refractivity contribution in [3.05, 3.63) is 34.6 Å². The zero-order valence-corrected chi connectivity index (χ0v) is 11.8. The van der Waals surface area contributed by atoms with Gasteiger partial charge in [0.15, 0.2) is 0 Å². The number of hydrogen-bond acceptors (Lipinski definition) is 5. The number of hydrogen-bond donors (Lipinski definition) is 2. The fourth-order valence-corrected chi connectivity index (χ4v) is 1.94. The van der Waals surface area contributed by atoms with Crippen LogP contribution in [0, 0.1) is 0 Å². The number of halogens is 3. The molecular weight excluding hydrogens is 336 g/mol. The highest BCUT2D eigenvalue weighted by atomic mass is 79.9. The van der Waals surface area contributed by atoms with Crippen LogP contribution in [0.25, 0.3) is 11.5 Å². The van der Waals surface area contributed by atoms with Crippen molar-refractivity contribution in [3.63, 3.8) is 0 Å². The molecule has 1 atom stereocenters. The smallest absolute Gasteiger partial charge is 0.265 e. The molecule has 0 saturated carbocycles. The molecule has 0 aliphatic rings. The Bertz CT molecular complexity index is 565. The molecule has 0 radical (unpaired) electrons. The predicted octanol–water partition coefficient (Wildman–Crippen LogP) is 2.21. The van der Waals surface area contributed by atoms with Gasteiger partial charge < -0.3 is 14.8 Å². The molecule has 108 valence electrons. The number of aromatic nitrogens is 2. The quantitative estimate of drug-likeness (QED) is 0.838. The summed E-state index contributed by atoms with van der Waals surface area (Å²) in [5.41, 5.74) is 0.749. The molecule has 0 amide bonds. The average Bonchev–Trinajstić information content (AvgIpc) is 2.87. The third-order valence-electron chi connectivity index (χ3n) is 2.49. The summed E-state index contributed by atoms with van der Waals surface area (Å²) < 4.78 is 30.4. The molecule has 2 N–H and O–H groups in total. The molecule has 1 heterocycles. The van der Waals surface area contributed by atoms with Gasteiger partial charge in [-0.2, -0.15) is 0 Å². The molecule has 1 unspecified atom stereocenters. The van der Waals surface area contributed by atoms with E-state index in [4.69, 9.17) is 9.52 Å². The number of rotatable bonds is 6. The normalized spacial score (nSPS) is 12.8. The van der Waals surface area contributed by atoms with E-state index in [2.05, 4.69) is 31.4 Å². The van der Waals surface area contributed by atoms with Crippen LogP contribution in [0.3, 0.4) is 0 Å². The van der Waals surface area contributed by atoms with Crippen LogP contribution in [0.15, 0.2) is 33.2 Å². The van der Waals surface area contributed by atoms with Gasteiger partial charge in [-0.3, -0.25) is 0 Å². The Balaban J connectivity index is 1.95. The fraction of sp³-hybridized carbons (Fsp3) is 0.333. The summed E-state index contributed by atoms with van der Waals surface area (Å²) >= 11 is 3.37. The van der Waals surface area contributed by atoms with E-state index < -0.39 is 12.5 Å². The topological polar surface area (TPSA) is 71.2 Å². The van der Waals surface area contributed by atoms with Crippen LogP contribution < -0.4 is 5.32 Å². The van der Waals surface area contributed by atoms with E-state index in [0.717, 1.165) is 10.0 Å². The molecule has 0 saturated heterocycles. The molecule has 20 heavy (non-hydrogen) atoms. The molecule has 5 nitrogen and oxygen atoms in total. The number of aliphatic hydroxyl groups excluding tert-OH is 1. The number of benzene rings is 1. The first-order chi connectivity index (χ1) is 9.58. The number of alkyl halides is 2. The minimum atomic E-state index is -2.78. The average molecular weight is 348 g/mol. The van der Waals surface area contributed by atoms with Gasteiger partial charge in [-0.1, -0.05) is 12.1 Å². The standard InChI is InChI=1S/C12H12BrF2N3O2/c13-8-4-2-1-3-7(8)12-18-17-10(20-12)6-16-5-9(19)11(14)15/h1-4,9,11,16,19H,5-6H2. The SMILES string of the molecule is OC(CNCc1nnc(-c2ccccc2Br)o1)C(F)F. The van der Waals surface area contributed by atoms with Crippen LogP contribution in [-0.2, 0) is 6.54 Å². The minimum Gasteiger partial charge on any atom is -0.419 e. The lowest BCUT2D eigenvalue weighted by atomic mass is 10.2. The Morgan fingerprint density at radius 1 is 1.30 bits per heavy atom. The van der Waals surface area contributed by atoms with Crippen LogP contribution in [-0.4, -0.2) is 34.4 Å². The number of nitrogens with zero attached hydrogens (tertiary/aromatic N) is 2. The molecule has 1 aromatic heterocycles. The Morgan fingerprint density at radius 3 is 2.75 bits per heavy atom. The van der Waals surface area contributed by atoms with E-state index in [-0.39, 0.29) is 19.0 Å². The maximum absolute atomic E-state index is 12.1. The molecule has 2 rings (SSSR count). The van der Waals surface area contributed by atoms with E-state index in [0.29, 0.717) is 5.89 Å². The molecule has 0 aliphatic carbocycles. The van der Waals surface area contributed by atoms with Crippen molar-refractivity contribution in [1.82, 2.24) is 15.5 Å². The van der Waals surface area contributed by atoms with Crippen LogP contribution in [0.2, 0.25) is 0 Å². The highest BCUT2D eigenvalue weighted by Gasteiger charge is 2.16. The maximum Gasteiger partial charge on any atom is 0.265 e. The van der Waals surface area contributed by atoms with Crippen molar-refractivity contribution < 1.29 is 18.3 Å². The van der Waals surface area contributed by atoms with Crippen molar-refractivity contribution >= 4 is 15.9 Å². The second kappa shape index (κ2) is 6.87. The van der Waals surface area contributed by atoms with E-state index in [1.54, 1.807) is 0 Å². The van der Waals surface area contributed by atoms with Crippen LogP contribution in [0.4, 0.5) is 8.78 Å². The monoisotopic (exact) mass is 347 g/mol. The molecular formula is C12H12BrF2N3O2. The van der Waals surface area contributed by atoms with Gasteiger partial charge in [0.2, 0.25) is 11.8 Å². The summed E-state index contributed by atoms with van der Waals surface area (Å²) in [6.07, 6.45) is -4.48. The second-order valence-electron chi connectivity index (χ2n) is 4.01. The molecule has 0 bridgehead atoms. The van der Waals surface area contributed by atoms with Crippen molar-refractivity contribution in [2.45, 2.75) is 19.1 Å². The lowest BCUT2D eigenvalue weighted by Gasteiger charge is -2.08. The third-order valence-corrected chi connectivity index (χ3v) is 3.18. The number of aliphatic hydroxyl groups is 1. The van der Waals surface area contributed by atoms with Gasteiger partial charge in [0.25, 0.3) is 6.43 Å². The van der Waals surface area contributed by atoms with E-state index in [9.17, 15) is 8.78 Å². The Kier molecular flexibility index (Phi) is 5.16. The molecule has 1 aromatic carbocycles. The highest BCUT2D eigenvalue weighted by molar-refractivity contribution is 9.10. The van der Waals surface area contributed by atoms with Crippen molar-refractivity contribution in [2.75, 3.05) is 6.54 Å². The lowest BCUT2D eigenvalue weighted by Crippen LogP contribution is -2.31. The van der Waals surface area contributed by atoms with Crippen molar-refractivity contribution in [1.29, 1.82) is 0 Å². The van der Waals surface area contributed by atoms with Gasteiger partial charge in [-0.15, -0.1) is 10.2 Å². The maximum atomic E-state index is 12.1. The second-order valence-corrected chi connectivity index (χ2v) is 4.87. The van der Waals surface area contributed by atoms with Crippen LogP contribution in [0.1, 0.15) is 5.89 Å². The van der Waals surface area contributed by atoms with Crippen LogP contribution >= 0.6 is 15.9 Å². The first kappa shape index (κ1) is 15.0. The summed E-state index contributed by atoms with van der Waals surface area (Å²) in [7, 11) is 0. The molecule has 8 heteroatoms. The fourth-order valence-electron chi connectivity index (χ4n) is 1.48. The predicted molar refractivity (Wildman–Crippen MR) is 71.2 cm³/mol. The first-order valence-corrected chi connectivity index (χ1v) is 6.61. The third kappa shape index (κ3) is 3.81. The zero-order valence-electron chi connectivity index (χ0n) is 10.3. The lowest BCUT2D eigenvalue weighted by molar-refractivity contribution is -0.00364. The van der Waals surface area contributed by atoms with Gasteiger partial charge in [0.1, 0.15) is 6.10 Å². The van der Waals surface area contributed by atoms with Crippen LogP contribution in [0.5, 0.6) is 0 Å². The van der Waals surface area contributed by atoms with Gasteiger partial charge >= 0.3 is 0 Å². The van der Waals surface area contributed by atoms with E-state index in [1.165, 1.54) is 0 Å². The Labute approximate surface area is 122 Å². The Morgan fingerprint density at radius 2 is 2.05 bits per heavy atom. The molecule has 0 spiro atoms. The summed E-state index contributed by atoms with van der Waals surface area (Å²) in [6, 6.07) is 7.35. The summed E-state index contributed by atoms with van der Waals surface area (Å²) in [5, 5.41) is 19.3.